The second-order valence-electron chi connectivity index (χ2n) is 4.26. The maximum atomic E-state index is 11.0. The van der Waals surface area contributed by atoms with Crippen LogP contribution in [0.3, 0.4) is 0 Å². The molecule has 1 aliphatic heterocycles. The number of hydrogen-bond donors (Lipinski definition) is 1. The normalized spacial score (nSPS) is 16.3. The Morgan fingerprint density at radius 1 is 1.56 bits per heavy atom. The average molecular weight is 247 g/mol. The number of nitrogens with two attached hydrogens (primary N) is 1. The molecule has 2 heterocycles. The van der Waals surface area contributed by atoms with Crippen molar-refractivity contribution < 1.29 is 4.92 Å². The summed E-state index contributed by atoms with van der Waals surface area (Å²) in [7, 11) is 0. The highest BCUT2D eigenvalue weighted by molar-refractivity contribution is 5.60. The maximum Gasteiger partial charge on any atom is 0.312 e. The first kappa shape index (κ1) is 12.3. The molecular weight excluding hydrogens is 234 g/mol. The third kappa shape index (κ3) is 2.38. The number of anilines is 1. The molecule has 1 aromatic heterocycles. The van der Waals surface area contributed by atoms with E-state index in [0.29, 0.717) is 18.9 Å². The molecule has 1 saturated heterocycles. The van der Waals surface area contributed by atoms with E-state index < -0.39 is 4.92 Å². The Hall–Kier alpha value is -2.20. The van der Waals surface area contributed by atoms with Gasteiger partial charge >= 0.3 is 5.69 Å². The lowest BCUT2D eigenvalue weighted by atomic mass is 10.1. The molecule has 0 aliphatic carbocycles. The van der Waals surface area contributed by atoms with Gasteiger partial charge in [0.05, 0.1) is 10.5 Å². The summed E-state index contributed by atoms with van der Waals surface area (Å²) < 4.78 is 0. The Morgan fingerprint density at radius 2 is 2.22 bits per heavy atom. The Morgan fingerprint density at radius 3 is 2.78 bits per heavy atom. The number of nitriles is 1. The van der Waals surface area contributed by atoms with Crippen LogP contribution >= 0.6 is 0 Å². The van der Waals surface area contributed by atoms with Crippen LogP contribution in [0.15, 0.2) is 12.3 Å². The minimum absolute atomic E-state index is 0.121. The molecule has 0 amide bonds. The smallest absolute Gasteiger partial charge is 0.312 e. The van der Waals surface area contributed by atoms with Gasteiger partial charge in [-0.1, -0.05) is 0 Å². The predicted octanol–water partition coefficient (Wildman–Crippen LogP) is 0.789. The van der Waals surface area contributed by atoms with E-state index in [4.69, 9.17) is 11.0 Å². The van der Waals surface area contributed by atoms with Crippen LogP contribution < -0.4 is 10.6 Å². The van der Waals surface area contributed by atoms with Crippen molar-refractivity contribution in [1.29, 1.82) is 5.26 Å². The molecule has 7 nitrogen and oxygen atoms in total. The highest BCUT2D eigenvalue weighted by Crippen LogP contribution is 2.28. The van der Waals surface area contributed by atoms with Gasteiger partial charge in [-0.15, -0.1) is 0 Å². The highest BCUT2D eigenvalue weighted by atomic mass is 16.6. The molecule has 1 fully saturated rings. The SMILES string of the molecule is N#Cc1cnc(N2CCC(N)CC2)c([N+](=O)[O-])c1. The third-order valence-electron chi connectivity index (χ3n) is 3.01. The third-order valence-corrected chi connectivity index (χ3v) is 3.01. The molecule has 0 spiro atoms. The molecular formula is C11H13N5O2. The standard InChI is InChI=1S/C11H13N5O2/c12-6-8-5-10(16(17)18)11(14-7-8)15-3-1-9(13)2-4-15/h5,7,9H,1-4,13H2. The van der Waals surface area contributed by atoms with Crippen LogP contribution in [0, 0.1) is 21.4 Å². The van der Waals surface area contributed by atoms with Crippen molar-refractivity contribution in [3.05, 3.63) is 27.9 Å². The molecule has 0 atom stereocenters. The van der Waals surface area contributed by atoms with E-state index in [2.05, 4.69) is 4.98 Å². The van der Waals surface area contributed by atoms with Gasteiger partial charge < -0.3 is 10.6 Å². The van der Waals surface area contributed by atoms with Crippen LogP contribution in [-0.4, -0.2) is 29.0 Å². The summed E-state index contributed by atoms with van der Waals surface area (Å²) in [6.45, 7) is 1.31. The van der Waals surface area contributed by atoms with Crippen molar-refractivity contribution in [1.82, 2.24) is 4.98 Å². The van der Waals surface area contributed by atoms with Crippen molar-refractivity contribution >= 4 is 11.5 Å². The minimum Gasteiger partial charge on any atom is -0.351 e. The van der Waals surface area contributed by atoms with Gasteiger partial charge in [-0.05, 0) is 12.8 Å². The molecule has 0 bridgehead atoms. The van der Waals surface area contributed by atoms with Gasteiger partial charge in [0.15, 0.2) is 0 Å². The van der Waals surface area contributed by atoms with Crippen LogP contribution in [-0.2, 0) is 0 Å². The van der Waals surface area contributed by atoms with Gasteiger partial charge in [-0.3, -0.25) is 10.1 Å². The topological polar surface area (TPSA) is 109 Å². The van der Waals surface area contributed by atoms with Crippen LogP contribution in [0.1, 0.15) is 18.4 Å². The first-order chi connectivity index (χ1) is 8.61. The zero-order valence-electron chi connectivity index (χ0n) is 9.74. The Balaban J connectivity index is 2.32. The first-order valence-corrected chi connectivity index (χ1v) is 5.67. The van der Waals surface area contributed by atoms with Crippen molar-refractivity contribution in [2.24, 2.45) is 5.73 Å². The van der Waals surface area contributed by atoms with Crippen molar-refractivity contribution in [2.75, 3.05) is 18.0 Å². The zero-order valence-corrected chi connectivity index (χ0v) is 9.74. The summed E-state index contributed by atoms with van der Waals surface area (Å²) in [5.41, 5.74) is 5.87. The Bertz CT molecular complexity index is 503. The maximum absolute atomic E-state index is 11.0. The fraction of sp³-hybridized carbons (Fsp3) is 0.455. The van der Waals surface area contributed by atoms with E-state index in [1.807, 2.05) is 11.0 Å². The summed E-state index contributed by atoms with van der Waals surface area (Å²) in [6.07, 6.45) is 2.94. The van der Waals surface area contributed by atoms with Gasteiger partial charge in [-0.2, -0.15) is 5.26 Å². The fourth-order valence-electron chi connectivity index (χ4n) is 2.00. The quantitative estimate of drug-likeness (QED) is 0.611. The number of piperidine rings is 1. The molecule has 0 aromatic carbocycles. The summed E-state index contributed by atoms with van der Waals surface area (Å²) >= 11 is 0. The van der Waals surface area contributed by atoms with E-state index >= 15 is 0 Å². The molecule has 0 radical (unpaired) electrons. The molecule has 0 unspecified atom stereocenters. The molecule has 0 saturated carbocycles. The van der Waals surface area contributed by atoms with Gasteiger partial charge in [0, 0.05) is 31.4 Å². The lowest BCUT2D eigenvalue weighted by Gasteiger charge is -2.30. The second-order valence-corrected chi connectivity index (χ2v) is 4.26. The summed E-state index contributed by atoms with van der Waals surface area (Å²) in [4.78, 5) is 16.4. The van der Waals surface area contributed by atoms with Crippen LogP contribution in [0.25, 0.3) is 0 Å². The average Bonchev–Trinajstić information content (AvgIpc) is 2.39. The monoisotopic (exact) mass is 247 g/mol. The fourth-order valence-corrected chi connectivity index (χ4v) is 2.00. The van der Waals surface area contributed by atoms with Gasteiger partial charge in [0.1, 0.15) is 6.07 Å². The van der Waals surface area contributed by atoms with E-state index in [0.717, 1.165) is 12.8 Å². The lowest BCUT2D eigenvalue weighted by Crippen LogP contribution is -2.40. The molecule has 18 heavy (non-hydrogen) atoms. The number of nitrogens with zero attached hydrogens (tertiary/aromatic N) is 4. The zero-order chi connectivity index (χ0) is 13.1. The summed E-state index contributed by atoms with van der Waals surface area (Å²) in [6, 6.07) is 3.27. The molecule has 7 heteroatoms. The highest BCUT2D eigenvalue weighted by Gasteiger charge is 2.25. The van der Waals surface area contributed by atoms with E-state index in [-0.39, 0.29) is 17.3 Å². The lowest BCUT2D eigenvalue weighted by molar-refractivity contribution is -0.384. The summed E-state index contributed by atoms with van der Waals surface area (Å²) in [5, 5.41) is 19.7. The molecule has 1 aromatic rings. The van der Waals surface area contributed by atoms with Gasteiger partial charge in [-0.25, -0.2) is 4.98 Å². The minimum atomic E-state index is -0.502. The Kier molecular flexibility index (Phi) is 3.39. The van der Waals surface area contributed by atoms with Crippen LogP contribution in [0.5, 0.6) is 0 Å². The van der Waals surface area contributed by atoms with Crippen molar-refractivity contribution in [2.45, 2.75) is 18.9 Å². The van der Waals surface area contributed by atoms with Crippen LogP contribution in [0.4, 0.5) is 11.5 Å². The van der Waals surface area contributed by atoms with Crippen molar-refractivity contribution in [3.63, 3.8) is 0 Å². The molecule has 94 valence electrons. The Labute approximate surface area is 104 Å². The van der Waals surface area contributed by atoms with E-state index in [9.17, 15) is 10.1 Å². The van der Waals surface area contributed by atoms with Crippen LogP contribution in [0.2, 0.25) is 0 Å². The first-order valence-electron chi connectivity index (χ1n) is 5.67. The van der Waals surface area contributed by atoms with Gasteiger partial charge in [0.25, 0.3) is 0 Å². The van der Waals surface area contributed by atoms with E-state index in [1.54, 1.807) is 0 Å². The largest absolute Gasteiger partial charge is 0.351 e. The number of rotatable bonds is 2. The molecule has 1 aliphatic rings. The number of hydrogen-bond acceptors (Lipinski definition) is 6. The molecule has 2 rings (SSSR count). The van der Waals surface area contributed by atoms with E-state index in [1.165, 1.54) is 12.3 Å². The summed E-state index contributed by atoms with van der Waals surface area (Å²) in [5.74, 6) is 0.325. The predicted molar refractivity (Wildman–Crippen MR) is 65.0 cm³/mol. The number of nitro groups is 1. The number of pyridine rings is 1. The van der Waals surface area contributed by atoms with Gasteiger partial charge in [0.2, 0.25) is 5.82 Å². The van der Waals surface area contributed by atoms with Crippen molar-refractivity contribution in [3.8, 4) is 6.07 Å². The second kappa shape index (κ2) is 4.98. The number of aromatic nitrogens is 1. The molecule has 2 N–H and O–H groups in total.